The molecular weight excluding hydrogens is 332 g/mol. The Bertz CT molecular complexity index is 1020. The molecule has 0 aliphatic heterocycles. The van der Waals surface area contributed by atoms with E-state index in [9.17, 15) is 13.8 Å². The molecule has 0 fully saturated rings. The zero-order valence-electron chi connectivity index (χ0n) is 12.8. The third kappa shape index (κ3) is 2.83. The van der Waals surface area contributed by atoms with Gasteiger partial charge in [0.2, 0.25) is 5.43 Å². The number of aliphatic hydroxyl groups excluding tert-OH is 1. The summed E-state index contributed by atoms with van der Waals surface area (Å²) in [6, 6.07) is 9.16. The summed E-state index contributed by atoms with van der Waals surface area (Å²) < 4.78 is 22.3. The van der Waals surface area contributed by atoms with Crippen LogP contribution in [0.5, 0.6) is 0 Å². The summed E-state index contributed by atoms with van der Waals surface area (Å²) in [4.78, 5) is 24.8. The maximum atomic E-state index is 12.7. The fraction of sp³-hybridized carbons (Fsp3) is 0.176. The van der Waals surface area contributed by atoms with Crippen LogP contribution in [0.15, 0.2) is 50.5 Å². The molecule has 2 aromatic carbocycles. The molecule has 3 rings (SSSR count). The molecule has 0 aliphatic carbocycles. The van der Waals surface area contributed by atoms with Gasteiger partial charge in [0, 0.05) is 4.90 Å². The zero-order chi connectivity index (χ0) is 17.3. The van der Waals surface area contributed by atoms with Crippen LogP contribution in [0, 0.1) is 0 Å². The van der Waals surface area contributed by atoms with Crippen molar-refractivity contribution in [2.45, 2.75) is 4.90 Å². The average molecular weight is 346 g/mol. The summed E-state index contributed by atoms with van der Waals surface area (Å²) in [5.74, 6) is -0.453. The van der Waals surface area contributed by atoms with Gasteiger partial charge in [-0.25, -0.2) is 4.79 Å². The van der Waals surface area contributed by atoms with Crippen molar-refractivity contribution in [3.05, 3.63) is 52.2 Å². The standard InChI is InChI=1S/C17H14O6S/c1-22-17(20)10-2-4-14-12(8-10)16(19)13-9-11(24(21)7-6-18)3-5-15(13)23-14/h2-5,8-9,18H,6-7H2,1H3/t24-/m0/s1. The fourth-order valence-corrected chi connectivity index (χ4v) is 3.29. The van der Waals surface area contributed by atoms with Crippen LogP contribution < -0.4 is 5.43 Å². The first-order chi connectivity index (χ1) is 11.5. The van der Waals surface area contributed by atoms with E-state index in [0.717, 1.165) is 0 Å². The predicted molar refractivity (Wildman–Crippen MR) is 89.7 cm³/mol. The lowest BCUT2D eigenvalue weighted by Crippen LogP contribution is -2.07. The van der Waals surface area contributed by atoms with Crippen LogP contribution in [0.25, 0.3) is 21.9 Å². The van der Waals surface area contributed by atoms with E-state index in [1.165, 1.54) is 25.3 Å². The number of esters is 1. The average Bonchev–Trinajstić information content (AvgIpc) is 2.61. The Balaban J connectivity index is 2.24. The van der Waals surface area contributed by atoms with E-state index in [1.54, 1.807) is 18.2 Å². The number of carbonyl (C=O) groups excluding carboxylic acids is 1. The zero-order valence-corrected chi connectivity index (χ0v) is 13.6. The van der Waals surface area contributed by atoms with Crippen molar-refractivity contribution >= 4 is 38.7 Å². The quantitative estimate of drug-likeness (QED) is 0.572. The number of ether oxygens (including phenoxy) is 1. The van der Waals surface area contributed by atoms with Crippen molar-refractivity contribution in [3.63, 3.8) is 0 Å². The number of carbonyl (C=O) groups is 1. The molecule has 0 unspecified atom stereocenters. The number of rotatable bonds is 4. The molecule has 24 heavy (non-hydrogen) atoms. The lowest BCUT2D eigenvalue weighted by molar-refractivity contribution is 0.0601. The number of hydrogen-bond acceptors (Lipinski definition) is 6. The fourth-order valence-electron chi connectivity index (χ4n) is 2.42. The highest BCUT2D eigenvalue weighted by atomic mass is 32.2. The molecule has 0 amide bonds. The molecule has 3 aromatic rings. The van der Waals surface area contributed by atoms with E-state index in [1.807, 2.05) is 0 Å². The second-order valence-electron chi connectivity index (χ2n) is 5.06. The smallest absolute Gasteiger partial charge is 0.337 e. The molecule has 1 atom stereocenters. The summed E-state index contributed by atoms with van der Waals surface area (Å²) in [5, 5.41) is 9.41. The summed E-state index contributed by atoms with van der Waals surface area (Å²) in [6.45, 7) is -0.209. The van der Waals surface area contributed by atoms with Crippen molar-refractivity contribution in [2.75, 3.05) is 19.5 Å². The first kappa shape index (κ1) is 16.4. The Hall–Kier alpha value is -2.51. The van der Waals surface area contributed by atoms with Crippen molar-refractivity contribution in [1.82, 2.24) is 0 Å². The maximum absolute atomic E-state index is 12.7. The van der Waals surface area contributed by atoms with Gasteiger partial charge in [0.15, 0.2) is 0 Å². The van der Waals surface area contributed by atoms with E-state index in [-0.39, 0.29) is 34.1 Å². The molecule has 0 saturated heterocycles. The Morgan fingerprint density at radius 2 is 1.83 bits per heavy atom. The summed E-state index contributed by atoms with van der Waals surface area (Å²) in [7, 11) is -0.137. The van der Waals surface area contributed by atoms with E-state index in [2.05, 4.69) is 4.74 Å². The third-order valence-electron chi connectivity index (χ3n) is 3.60. The van der Waals surface area contributed by atoms with Gasteiger partial charge in [-0.05, 0) is 36.4 Å². The molecule has 124 valence electrons. The Morgan fingerprint density at radius 3 is 2.50 bits per heavy atom. The highest BCUT2D eigenvalue weighted by Crippen LogP contribution is 2.22. The second kappa shape index (κ2) is 6.54. The minimum atomic E-state index is -1.40. The molecule has 0 radical (unpaired) electrons. The van der Waals surface area contributed by atoms with Crippen LogP contribution in [0.4, 0.5) is 0 Å². The number of methoxy groups -OCH3 is 1. The van der Waals surface area contributed by atoms with Gasteiger partial charge < -0.3 is 14.3 Å². The Labute approximate surface area is 139 Å². The molecular formula is C17H14O6S. The maximum Gasteiger partial charge on any atom is 0.337 e. The summed E-state index contributed by atoms with van der Waals surface area (Å²) in [6.07, 6.45) is 0. The first-order valence-electron chi connectivity index (χ1n) is 7.13. The van der Waals surface area contributed by atoms with Gasteiger partial charge in [0.25, 0.3) is 0 Å². The molecule has 0 spiro atoms. The van der Waals surface area contributed by atoms with Crippen molar-refractivity contribution in [3.8, 4) is 0 Å². The van der Waals surface area contributed by atoms with Crippen LogP contribution in [0.2, 0.25) is 0 Å². The van der Waals surface area contributed by atoms with Crippen LogP contribution in [0.3, 0.4) is 0 Å². The van der Waals surface area contributed by atoms with Crippen LogP contribution in [-0.4, -0.2) is 34.8 Å². The summed E-state index contributed by atoms with van der Waals surface area (Å²) in [5.41, 5.74) is 0.643. The number of fused-ring (bicyclic) bond motifs is 2. The SMILES string of the molecule is COC(=O)c1ccc2oc3ccc([S@@](=O)CCO)cc3c(=O)c2c1. The van der Waals surface area contributed by atoms with Crippen LogP contribution in [-0.2, 0) is 15.5 Å². The number of aliphatic hydroxyl groups is 1. The van der Waals surface area contributed by atoms with Gasteiger partial charge in [-0.1, -0.05) is 0 Å². The van der Waals surface area contributed by atoms with Crippen molar-refractivity contribution in [2.24, 2.45) is 0 Å². The van der Waals surface area contributed by atoms with Crippen LogP contribution in [0.1, 0.15) is 10.4 Å². The van der Waals surface area contributed by atoms with Gasteiger partial charge >= 0.3 is 5.97 Å². The van der Waals surface area contributed by atoms with Crippen LogP contribution >= 0.6 is 0 Å². The first-order valence-corrected chi connectivity index (χ1v) is 8.45. The molecule has 1 heterocycles. The lowest BCUT2D eigenvalue weighted by Gasteiger charge is -2.05. The minimum Gasteiger partial charge on any atom is -0.465 e. The van der Waals surface area contributed by atoms with Crippen molar-refractivity contribution in [1.29, 1.82) is 0 Å². The van der Waals surface area contributed by atoms with Gasteiger partial charge in [-0.15, -0.1) is 0 Å². The molecule has 7 heteroatoms. The Morgan fingerprint density at radius 1 is 1.17 bits per heavy atom. The van der Waals surface area contributed by atoms with Gasteiger partial charge in [0.1, 0.15) is 11.2 Å². The van der Waals surface area contributed by atoms with E-state index in [4.69, 9.17) is 9.52 Å². The topological polar surface area (TPSA) is 93.8 Å². The number of benzene rings is 2. The molecule has 0 saturated carbocycles. The van der Waals surface area contributed by atoms with E-state index >= 15 is 0 Å². The van der Waals surface area contributed by atoms with E-state index < -0.39 is 16.8 Å². The third-order valence-corrected chi connectivity index (χ3v) is 4.93. The monoisotopic (exact) mass is 346 g/mol. The minimum absolute atomic E-state index is 0.0942. The number of hydrogen-bond donors (Lipinski definition) is 1. The summed E-state index contributed by atoms with van der Waals surface area (Å²) >= 11 is 0. The molecule has 0 aliphatic rings. The molecule has 1 N–H and O–H groups in total. The van der Waals surface area contributed by atoms with Gasteiger partial charge in [-0.2, -0.15) is 0 Å². The largest absolute Gasteiger partial charge is 0.465 e. The van der Waals surface area contributed by atoms with Crippen molar-refractivity contribution < 1.29 is 23.3 Å². The molecule has 1 aromatic heterocycles. The van der Waals surface area contributed by atoms with E-state index in [0.29, 0.717) is 16.1 Å². The molecule has 0 bridgehead atoms. The predicted octanol–water partition coefficient (Wildman–Crippen LogP) is 1.83. The second-order valence-corrected chi connectivity index (χ2v) is 6.64. The Kier molecular flexibility index (Phi) is 4.46. The van der Waals surface area contributed by atoms with Gasteiger partial charge in [-0.3, -0.25) is 9.00 Å². The highest BCUT2D eigenvalue weighted by molar-refractivity contribution is 7.85. The normalized spacial score (nSPS) is 12.4. The highest BCUT2D eigenvalue weighted by Gasteiger charge is 2.13. The lowest BCUT2D eigenvalue weighted by atomic mass is 10.1. The van der Waals surface area contributed by atoms with Gasteiger partial charge in [0.05, 0.1) is 46.6 Å². The molecule has 6 nitrogen and oxygen atoms in total.